The highest BCUT2D eigenvalue weighted by atomic mass is 35.5. The van der Waals surface area contributed by atoms with Crippen molar-refractivity contribution in [3.05, 3.63) is 16.4 Å². The standard InChI is InChI=1S/C15H27ClN4/c1-12-7-5-6-8-20(12)10-9-18(3)11-14-13(2)17-19(4)15(14)16/h12H,5-11H2,1-4H3/t12-/m0/s1. The lowest BCUT2D eigenvalue weighted by Crippen LogP contribution is -2.41. The van der Waals surface area contributed by atoms with Crippen molar-refractivity contribution in [2.45, 2.75) is 45.7 Å². The van der Waals surface area contributed by atoms with E-state index in [0.29, 0.717) is 0 Å². The van der Waals surface area contributed by atoms with Gasteiger partial charge in [-0.3, -0.25) is 9.58 Å². The molecule has 0 bridgehead atoms. The molecule has 1 fully saturated rings. The van der Waals surface area contributed by atoms with Gasteiger partial charge in [0.25, 0.3) is 0 Å². The van der Waals surface area contributed by atoms with E-state index >= 15 is 0 Å². The largest absolute Gasteiger partial charge is 0.301 e. The SMILES string of the molecule is Cc1nn(C)c(Cl)c1CN(C)CCN1CCCC[C@@H]1C. The van der Waals surface area contributed by atoms with E-state index in [1.807, 2.05) is 14.0 Å². The Morgan fingerprint density at radius 1 is 1.40 bits per heavy atom. The number of hydrogen-bond donors (Lipinski definition) is 0. The maximum absolute atomic E-state index is 6.29. The smallest absolute Gasteiger partial charge is 0.131 e. The van der Waals surface area contributed by atoms with Gasteiger partial charge in [0.05, 0.1) is 5.69 Å². The molecule has 0 aliphatic carbocycles. The van der Waals surface area contributed by atoms with Crippen LogP contribution in [0.3, 0.4) is 0 Å². The second-order valence-electron chi connectivity index (χ2n) is 6.10. The van der Waals surface area contributed by atoms with Crippen LogP contribution in [0.4, 0.5) is 0 Å². The summed E-state index contributed by atoms with van der Waals surface area (Å²) in [6.45, 7) is 8.73. The van der Waals surface area contributed by atoms with E-state index in [1.165, 1.54) is 25.8 Å². The number of aromatic nitrogens is 2. The predicted molar refractivity (Wildman–Crippen MR) is 84.2 cm³/mol. The highest BCUT2D eigenvalue weighted by molar-refractivity contribution is 6.30. The molecule has 1 aromatic heterocycles. The molecule has 0 N–H and O–H groups in total. The summed E-state index contributed by atoms with van der Waals surface area (Å²) in [4.78, 5) is 4.95. The van der Waals surface area contributed by atoms with Crippen molar-refractivity contribution in [1.29, 1.82) is 0 Å². The maximum Gasteiger partial charge on any atom is 0.131 e. The van der Waals surface area contributed by atoms with Crippen molar-refractivity contribution in [3.8, 4) is 0 Å². The van der Waals surface area contributed by atoms with Crippen molar-refractivity contribution in [3.63, 3.8) is 0 Å². The Labute approximate surface area is 127 Å². The highest BCUT2D eigenvalue weighted by Crippen LogP contribution is 2.20. The second-order valence-corrected chi connectivity index (χ2v) is 6.45. The number of nitrogens with zero attached hydrogens (tertiary/aromatic N) is 4. The van der Waals surface area contributed by atoms with Gasteiger partial charge in [-0.15, -0.1) is 0 Å². The molecule has 20 heavy (non-hydrogen) atoms. The fourth-order valence-corrected chi connectivity index (χ4v) is 3.23. The van der Waals surface area contributed by atoms with E-state index in [1.54, 1.807) is 4.68 Å². The molecule has 1 atom stereocenters. The Kier molecular flexibility index (Phi) is 5.47. The monoisotopic (exact) mass is 298 g/mol. The Balaban J connectivity index is 1.84. The molecule has 1 aromatic rings. The van der Waals surface area contributed by atoms with E-state index in [-0.39, 0.29) is 0 Å². The van der Waals surface area contributed by atoms with Gasteiger partial charge in [0.1, 0.15) is 5.15 Å². The normalized spacial score (nSPS) is 20.8. The summed E-state index contributed by atoms with van der Waals surface area (Å²) in [5, 5.41) is 5.14. The third-order valence-electron chi connectivity index (χ3n) is 4.41. The fourth-order valence-electron chi connectivity index (χ4n) is 2.99. The van der Waals surface area contributed by atoms with Crippen molar-refractivity contribution < 1.29 is 0 Å². The van der Waals surface area contributed by atoms with Gasteiger partial charge in [-0.25, -0.2) is 0 Å². The van der Waals surface area contributed by atoms with Gasteiger partial charge in [0.15, 0.2) is 0 Å². The molecule has 0 saturated carbocycles. The summed E-state index contributed by atoms with van der Waals surface area (Å²) in [6, 6.07) is 0.737. The number of piperidine rings is 1. The summed E-state index contributed by atoms with van der Waals surface area (Å²) in [5.41, 5.74) is 2.19. The van der Waals surface area contributed by atoms with Gasteiger partial charge < -0.3 is 4.90 Å². The van der Waals surface area contributed by atoms with E-state index in [4.69, 9.17) is 11.6 Å². The lowest BCUT2D eigenvalue weighted by atomic mass is 10.0. The molecule has 0 aromatic carbocycles. The molecule has 2 heterocycles. The molecule has 1 aliphatic rings. The van der Waals surface area contributed by atoms with Crippen molar-refractivity contribution in [1.82, 2.24) is 19.6 Å². The van der Waals surface area contributed by atoms with E-state index in [9.17, 15) is 0 Å². The Bertz CT molecular complexity index is 443. The van der Waals surface area contributed by atoms with Crippen molar-refractivity contribution in [2.75, 3.05) is 26.7 Å². The molecule has 0 radical (unpaired) electrons. The van der Waals surface area contributed by atoms with Crippen molar-refractivity contribution >= 4 is 11.6 Å². The lowest BCUT2D eigenvalue weighted by Gasteiger charge is -2.34. The molecule has 1 aliphatic heterocycles. The Morgan fingerprint density at radius 2 is 2.15 bits per heavy atom. The summed E-state index contributed by atoms with van der Waals surface area (Å²) < 4.78 is 1.76. The minimum absolute atomic E-state index is 0.737. The van der Waals surface area contributed by atoms with Crippen LogP contribution in [0.25, 0.3) is 0 Å². The molecule has 0 unspecified atom stereocenters. The van der Waals surface area contributed by atoms with E-state index in [0.717, 1.165) is 42.1 Å². The van der Waals surface area contributed by atoms with Crippen LogP contribution in [0.15, 0.2) is 0 Å². The third-order valence-corrected chi connectivity index (χ3v) is 4.88. The van der Waals surface area contributed by atoms with Gasteiger partial charge >= 0.3 is 0 Å². The molecular formula is C15H27ClN4. The van der Waals surface area contributed by atoms with Crippen LogP contribution >= 0.6 is 11.6 Å². The zero-order valence-electron chi connectivity index (χ0n) is 13.2. The molecule has 4 nitrogen and oxygen atoms in total. The van der Waals surface area contributed by atoms with E-state index in [2.05, 4.69) is 28.9 Å². The quantitative estimate of drug-likeness (QED) is 0.835. The average Bonchev–Trinajstić information content (AvgIpc) is 2.64. The fraction of sp³-hybridized carbons (Fsp3) is 0.800. The zero-order valence-corrected chi connectivity index (χ0v) is 13.9. The molecule has 114 valence electrons. The minimum atomic E-state index is 0.737. The number of likely N-dealkylation sites (N-methyl/N-ethyl adjacent to an activating group) is 1. The topological polar surface area (TPSA) is 24.3 Å². The van der Waals surface area contributed by atoms with Crippen LogP contribution in [0.5, 0.6) is 0 Å². The summed E-state index contributed by atoms with van der Waals surface area (Å²) in [5.74, 6) is 0. The first-order valence-electron chi connectivity index (χ1n) is 7.59. The van der Waals surface area contributed by atoms with E-state index < -0.39 is 0 Å². The highest BCUT2D eigenvalue weighted by Gasteiger charge is 2.19. The molecule has 0 amide bonds. The van der Waals surface area contributed by atoms with Gasteiger partial charge in [-0.1, -0.05) is 18.0 Å². The van der Waals surface area contributed by atoms with Gasteiger partial charge in [0.2, 0.25) is 0 Å². The number of likely N-dealkylation sites (tertiary alicyclic amines) is 1. The van der Waals surface area contributed by atoms with Crippen LogP contribution in [-0.2, 0) is 13.6 Å². The predicted octanol–water partition coefficient (Wildman–Crippen LogP) is 2.69. The number of halogens is 1. The number of aryl methyl sites for hydroxylation is 2. The average molecular weight is 299 g/mol. The third kappa shape index (κ3) is 3.74. The molecule has 2 rings (SSSR count). The lowest BCUT2D eigenvalue weighted by molar-refractivity contribution is 0.141. The molecule has 0 spiro atoms. The first-order chi connectivity index (χ1) is 9.49. The van der Waals surface area contributed by atoms with Crippen LogP contribution in [0.2, 0.25) is 5.15 Å². The van der Waals surface area contributed by atoms with Crippen LogP contribution < -0.4 is 0 Å². The molecule has 1 saturated heterocycles. The maximum atomic E-state index is 6.29. The first-order valence-corrected chi connectivity index (χ1v) is 7.97. The molecule has 5 heteroatoms. The summed E-state index contributed by atoms with van der Waals surface area (Å²) >= 11 is 6.29. The summed E-state index contributed by atoms with van der Waals surface area (Å²) in [6.07, 6.45) is 4.08. The van der Waals surface area contributed by atoms with Gasteiger partial charge in [-0.2, -0.15) is 5.10 Å². The number of rotatable bonds is 5. The Morgan fingerprint density at radius 3 is 2.75 bits per heavy atom. The van der Waals surface area contributed by atoms with Gasteiger partial charge in [-0.05, 0) is 40.3 Å². The van der Waals surface area contributed by atoms with Gasteiger partial charge in [0, 0.05) is 38.3 Å². The van der Waals surface area contributed by atoms with Crippen LogP contribution in [0, 0.1) is 6.92 Å². The van der Waals surface area contributed by atoms with Crippen molar-refractivity contribution in [2.24, 2.45) is 7.05 Å². The van der Waals surface area contributed by atoms with Crippen LogP contribution in [0.1, 0.15) is 37.4 Å². The molecular weight excluding hydrogens is 272 g/mol. The minimum Gasteiger partial charge on any atom is -0.301 e. The zero-order chi connectivity index (χ0) is 14.7. The second kappa shape index (κ2) is 6.92. The van der Waals surface area contributed by atoms with Crippen LogP contribution in [-0.4, -0.2) is 52.3 Å². The first kappa shape index (κ1) is 15.8. The Hall–Kier alpha value is -0.580. The number of hydrogen-bond acceptors (Lipinski definition) is 3. The summed E-state index contributed by atoms with van der Waals surface area (Å²) in [7, 11) is 4.06.